The molecule has 0 aliphatic heterocycles. The van der Waals surface area contributed by atoms with Crippen molar-refractivity contribution in [2.75, 3.05) is 0 Å². The van der Waals surface area contributed by atoms with Crippen LogP contribution in [0.1, 0.15) is 12.5 Å². The highest BCUT2D eigenvalue weighted by molar-refractivity contribution is 6.33. The third-order valence-electron chi connectivity index (χ3n) is 3.73. The van der Waals surface area contributed by atoms with E-state index in [2.05, 4.69) is 15.5 Å². The summed E-state index contributed by atoms with van der Waals surface area (Å²) in [5.74, 6) is -0.401. The zero-order chi connectivity index (χ0) is 16.9. The van der Waals surface area contributed by atoms with Crippen molar-refractivity contribution in [3.05, 3.63) is 65.4 Å². The van der Waals surface area contributed by atoms with Gasteiger partial charge in [0, 0.05) is 17.1 Å². The van der Waals surface area contributed by atoms with Gasteiger partial charge in [0.25, 0.3) is 0 Å². The van der Waals surface area contributed by atoms with E-state index < -0.39 is 0 Å². The molecule has 0 aliphatic rings. The molecule has 0 saturated carbocycles. The molecule has 1 heterocycles. The molecule has 0 spiro atoms. The highest BCUT2D eigenvalue weighted by atomic mass is 35.5. The summed E-state index contributed by atoms with van der Waals surface area (Å²) in [6.45, 7) is 2.39. The molecule has 3 rings (SSSR count). The molecular formula is C18H17ClN4O. The number of rotatable bonds is 5. The molecule has 0 aliphatic carbocycles. The van der Waals surface area contributed by atoms with Crippen LogP contribution in [0.3, 0.4) is 0 Å². The number of carbonyl (C=O) groups is 1. The van der Waals surface area contributed by atoms with E-state index in [0.717, 1.165) is 16.6 Å². The van der Waals surface area contributed by atoms with Gasteiger partial charge in [-0.15, -0.1) is 0 Å². The smallest absolute Gasteiger partial charge is 0.244 e. The first-order valence-corrected chi connectivity index (χ1v) is 8.00. The van der Waals surface area contributed by atoms with Crippen molar-refractivity contribution < 1.29 is 4.79 Å². The highest BCUT2D eigenvalue weighted by Gasteiger charge is 2.14. The maximum atomic E-state index is 12.2. The molecule has 1 atom stereocenters. The number of nitrogens with one attached hydrogen (secondary N) is 1. The normalized spacial score (nSPS) is 12.6. The Morgan fingerprint density at radius 1 is 1.29 bits per heavy atom. The van der Waals surface area contributed by atoms with Gasteiger partial charge in [-0.3, -0.25) is 4.79 Å². The van der Waals surface area contributed by atoms with Gasteiger partial charge in [0.1, 0.15) is 0 Å². The molecule has 0 bridgehead atoms. The Kier molecular flexibility index (Phi) is 4.91. The van der Waals surface area contributed by atoms with Crippen molar-refractivity contribution in [1.29, 1.82) is 0 Å². The van der Waals surface area contributed by atoms with Gasteiger partial charge >= 0.3 is 0 Å². The van der Waals surface area contributed by atoms with E-state index >= 15 is 0 Å². The second-order valence-electron chi connectivity index (χ2n) is 5.54. The van der Waals surface area contributed by atoms with E-state index in [9.17, 15) is 4.79 Å². The molecule has 0 radical (unpaired) electrons. The Labute approximate surface area is 145 Å². The van der Waals surface area contributed by atoms with Crippen LogP contribution >= 0.6 is 11.6 Å². The van der Waals surface area contributed by atoms with Crippen molar-refractivity contribution in [3.8, 4) is 0 Å². The lowest BCUT2D eigenvalue weighted by atomic mass is 10.1. The number of fused-ring (bicyclic) bond motifs is 1. The summed E-state index contributed by atoms with van der Waals surface area (Å²) >= 11 is 6.04. The number of amides is 1. The van der Waals surface area contributed by atoms with Crippen LogP contribution in [0.15, 0.2) is 60.0 Å². The van der Waals surface area contributed by atoms with Gasteiger partial charge in [0.05, 0.1) is 29.5 Å². The molecule has 122 valence electrons. The predicted molar refractivity (Wildman–Crippen MR) is 96.1 cm³/mol. The van der Waals surface area contributed by atoms with Crippen LogP contribution in [0.5, 0.6) is 0 Å². The van der Waals surface area contributed by atoms with E-state index in [1.165, 1.54) is 0 Å². The monoisotopic (exact) mass is 340 g/mol. The fourth-order valence-corrected chi connectivity index (χ4v) is 2.57. The number of imidazole rings is 1. The summed E-state index contributed by atoms with van der Waals surface area (Å²) in [5.41, 5.74) is 5.24. The summed E-state index contributed by atoms with van der Waals surface area (Å²) in [6, 6.07) is 15.2. The van der Waals surface area contributed by atoms with Crippen molar-refractivity contribution >= 4 is 34.8 Å². The van der Waals surface area contributed by atoms with Gasteiger partial charge < -0.3 is 4.57 Å². The van der Waals surface area contributed by atoms with E-state index in [4.69, 9.17) is 11.6 Å². The SMILES string of the molecule is C[C@@H](Cn1cnc2ccccc21)C(=O)N/N=C\c1ccccc1Cl. The lowest BCUT2D eigenvalue weighted by Gasteiger charge is -2.11. The summed E-state index contributed by atoms with van der Waals surface area (Å²) in [4.78, 5) is 16.5. The van der Waals surface area contributed by atoms with Gasteiger partial charge in [0.15, 0.2) is 0 Å². The summed E-state index contributed by atoms with van der Waals surface area (Å²) in [7, 11) is 0. The quantitative estimate of drug-likeness (QED) is 0.571. The number of carbonyl (C=O) groups excluding carboxylic acids is 1. The molecule has 6 heteroatoms. The van der Waals surface area contributed by atoms with Crippen LogP contribution in [-0.2, 0) is 11.3 Å². The maximum Gasteiger partial charge on any atom is 0.244 e. The molecule has 2 aromatic carbocycles. The van der Waals surface area contributed by atoms with Gasteiger partial charge in [0.2, 0.25) is 5.91 Å². The standard InChI is InChI=1S/C18H17ClN4O/c1-13(11-23-12-20-16-8-4-5-9-17(16)23)18(24)22-21-10-14-6-2-3-7-15(14)19/h2-10,12-13H,11H2,1H3,(H,22,24)/b21-10-/t13-/m0/s1. The second-order valence-corrected chi connectivity index (χ2v) is 5.95. The first kappa shape index (κ1) is 16.2. The third-order valence-corrected chi connectivity index (χ3v) is 4.07. The lowest BCUT2D eigenvalue weighted by molar-refractivity contribution is -0.124. The van der Waals surface area contributed by atoms with Crippen LogP contribution in [0.2, 0.25) is 5.02 Å². The van der Waals surface area contributed by atoms with E-state index in [-0.39, 0.29) is 11.8 Å². The minimum atomic E-state index is -0.244. The van der Waals surface area contributed by atoms with Crippen LogP contribution < -0.4 is 5.43 Å². The number of para-hydroxylation sites is 2. The zero-order valence-corrected chi connectivity index (χ0v) is 13.9. The summed E-state index contributed by atoms with van der Waals surface area (Å²) < 4.78 is 1.97. The molecule has 1 amide bonds. The Morgan fingerprint density at radius 3 is 2.88 bits per heavy atom. The predicted octanol–water partition coefficient (Wildman–Crippen LogP) is 3.48. The minimum absolute atomic E-state index is 0.156. The first-order valence-electron chi connectivity index (χ1n) is 7.62. The highest BCUT2D eigenvalue weighted by Crippen LogP contribution is 2.14. The fourth-order valence-electron chi connectivity index (χ4n) is 2.39. The molecule has 0 unspecified atom stereocenters. The zero-order valence-electron chi connectivity index (χ0n) is 13.2. The van der Waals surface area contributed by atoms with Crippen LogP contribution in [0.4, 0.5) is 0 Å². The molecule has 0 fully saturated rings. The number of hydrazone groups is 1. The number of nitrogens with zero attached hydrogens (tertiary/aromatic N) is 3. The van der Waals surface area contributed by atoms with Gasteiger partial charge in [-0.05, 0) is 18.2 Å². The molecule has 3 aromatic rings. The molecule has 1 aromatic heterocycles. The van der Waals surface area contributed by atoms with Crippen LogP contribution in [0, 0.1) is 5.92 Å². The minimum Gasteiger partial charge on any atom is -0.330 e. The molecule has 5 nitrogen and oxygen atoms in total. The second kappa shape index (κ2) is 7.27. The Balaban J connectivity index is 1.62. The van der Waals surface area contributed by atoms with Gasteiger partial charge in [-0.25, -0.2) is 10.4 Å². The lowest BCUT2D eigenvalue weighted by Crippen LogP contribution is -2.27. The molecule has 24 heavy (non-hydrogen) atoms. The molecule has 0 saturated heterocycles. The summed E-state index contributed by atoms with van der Waals surface area (Å²) in [6.07, 6.45) is 3.29. The van der Waals surface area contributed by atoms with Gasteiger partial charge in [-0.1, -0.05) is 48.9 Å². The molecule has 1 N–H and O–H groups in total. The van der Waals surface area contributed by atoms with Crippen LogP contribution in [-0.4, -0.2) is 21.7 Å². The Hall–Kier alpha value is -2.66. The summed E-state index contributed by atoms with van der Waals surface area (Å²) in [5, 5.41) is 4.57. The van der Waals surface area contributed by atoms with Crippen LogP contribution in [0.25, 0.3) is 11.0 Å². The van der Waals surface area contributed by atoms with Crippen molar-refractivity contribution in [1.82, 2.24) is 15.0 Å². The Bertz CT molecular complexity index is 887. The fraction of sp³-hybridized carbons (Fsp3) is 0.167. The average Bonchev–Trinajstić information content (AvgIpc) is 2.99. The average molecular weight is 341 g/mol. The number of hydrogen-bond acceptors (Lipinski definition) is 3. The van der Waals surface area contributed by atoms with Crippen molar-refractivity contribution in [3.63, 3.8) is 0 Å². The first-order chi connectivity index (χ1) is 11.6. The topological polar surface area (TPSA) is 59.3 Å². The Morgan fingerprint density at radius 2 is 2.04 bits per heavy atom. The van der Waals surface area contributed by atoms with Crippen molar-refractivity contribution in [2.45, 2.75) is 13.5 Å². The van der Waals surface area contributed by atoms with Crippen molar-refractivity contribution in [2.24, 2.45) is 11.0 Å². The largest absolute Gasteiger partial charge is 0.330 e. The number of hydrogen-bond donors (Lipinski definition) is 1. The number of benzene rings is 2. The van der Waals surface area contributed by atoms with E-state index in [1.54, 1.807) is 18.6 Å². The van der Waals surface area contributed by atoms with E-state index in [0.29, 0.717) is 11.6 Å². The third kappa shape index (κ3) is 3.63. The maximum absolute atomic E-state index is 12.2. The number of aromatic nitrogens is 2. The number of halogens is 1. The molecular weight excluding hydrogens is 324 g/mol. The van der Waals surface area contributed by atoms with E-state index in [1.807, 2.05) is 54.0 Å². The van der Waals surface area contributed by atoms with Gasteiger partial charge in [-0.2, -0.15) is 5.10 Å².